The highest BCUT2D eigenvalue weighted by atomic mass is 31.1. The van der Waals surface area contributed by atoms with E-state index in [1.54, 1.807) is 21.3 Å². The van der Waals surface area contributed by atoms with Crippen molar-refractivity contribution < 1.29 is 33.2 Å². The summed E-state index contributed by atoms with van der Waals surface area (Å²) in [5, 5.41) is 0. The zero-order chi connectivity index (χ0) is 23.3. The number of methoxy groups -OCH3 is 3. The molecule has 5 rings (SSSR count). The van der Waals surface area contributed by atoms with Crippen molar-refractivity contribution >= 4 is 20.5 Å². The van der Waals surface area contributed by atoms with E-state index in [0.717, 1.165) is 22.5 Å². The van der Waals surface area contributed by atoms with E-state index in [2.05, 4.69) is 9.34 Å². The highest BCUT2D eigenvalue weighted by Crippen LogP contribution is 2.55. The van der Waals surface area contributed by atoms with Crippen molar-refractivity contribution in [1.82, 2.24) is 4.67 Å². The first kappa shape index (κ1) is 21.7. The number of hydrogen-bond donors (Lipinski definition) is 0. The lowest BCUT2D eigenvalue weighted by Gasteiger charge is -2.37. The lowest BCUT2D eigenvalue weighted by Crippen LogP contribution is -2.27. The second-order valence-electron chi connectivity index (χ2n) is 7.92. The fourth-order valence-electron chi connectivity index (χ4n) is 4.48. The summed E-state index contributed by atoms with van der Waals surface area (Å²) in [6, 6.07) is 7.68. The van der Waals surface area contributed by atoms with Crippen molar-refractivity contribution in [3.63, 3.8) is 0 Å². The lowest BCUT2D eigenvalue weighted by atomic mass is 9.80. The summed E-state index contributed by atoms with van der Waals surface area (Å²) < 4.78 is 37.7. The molecule has 0 fully saturated rings. The van der Waals surface area contributed by atoms with Gasteiger partial charge in [0.2, 0.25) is 12.5 Å². The van der Waals surface area contributed by atoms with Crippen LogP contribution in [0, 0.1) is 0 Å². The average molecular weight is 472 g/mol. The third kappa shape index (κ3) is 3.43. The quantitative estimate of drug-likeness (QED) is 0.465. The Labute approximate surface area is 193 Å². The van der Waals surface area contributed by atoms with Gasteiger partial charge in [-0.05, 0) is 43.4 Å². The topological polar surface area (TPSA) is 78.9 Å². The van der Waals surface area contributed by atoms with Gasteiger partial charge >= 0.3 is 5.97 Å². The van der Waals surface area contributed by atoms with E-state index in [4.69, 9.17) is 28.4 Å². The van der Waals surface area contributed by atoms with Crippen LogP contribution in [0.4, 0.5) is 5.69 Å². The Bertz CT molecular complexity index is 1140. The predicted octanol–water partition coefficient (Wildman–Crippen LogP) is 3.27. The zero-order valence-electron chi connectivity index (χ0n) is 19.1. The molecule has 0 saturated carbocycles. The summed E-state index contributed by atoms with van der Waals surface area (Å²) >= 11 is 0. The van der Waals surface area contributed by atoms with Gasteiger partial charge in [-0.1, -0.05) is 0 Å². The zero-order valence-corrected chi connectivity index (χ0v) is 20.1. The second kappa shape index (κ2) is 8.32. The van der Waals surface area contributed by atoms with E-state index in [9.17, 15) is 4.79 Å². The molecule has 3 aliphatic heterocycles. The number of benzene rings is 2. The summed E-state index contributed by atoms with van der Waals surface area (Å²) in [6.45, 7) is 0.377. The molecule has 0 aromatic heterocycles. The molecule has 33 heavy (non-hydrogen) atoms. The van der Waals surface area contributed by atoms with E-state index >= 15 is 0 Å². The standard InChI is InChI=1S/C23H25N2O7P/c1-24(2)33-25-14-9-17-16(31-11-32-17)8-13(14)20(21-15(25)10-30-23(21)26)12-6-18(27-3)22(29-5)19(7-12)28-4/h6-9,20,33H,10-11H2,1-5H3. The van der Waals surface area contributed by atoms with Crippen LogP contribution in [-0.4, -0.2) is 59.5 Å². The number of cyclic esters (lactones) is 1. The SMILES string of the molecule is COc1cc(C2C3=C(COC3=O)N(PN(C)C)c3cc4c(cc32)OCO4)cc(OC)c1OC. The Morgan fingerprint density at radius 3 is 2.24 bits per heavy atom. The first-order valence-electron chi connectivity index (χ1n) is 10.3. The molecule has 0 saturated heterocycles. The number of anilines is 1. The summed E-state index contributed by atoms with van der Waals surface area (Å²) in [6.07, 6.45) is 0. The van der Waals surface area contributed by atoms with Gasteiger partial charge in [-0.3, -0.25) is 4.67 Å². The van der Waals surface area contributed by atoms with Crippen LogP contribution in [0.2, 0.25) is 0 Å². The average Bonchev–Trinajstić information content (AvgIpc) is 3.43. The molecule has 3 heterocycles. The minimum atomic E-state index is -0.406. The number of carbonyl (C=O) groups excluding carboxylic acids is 1. The van der Waals surface area contributed by atoms with Gasteiger partial charge in [0, 0.05) is 12.0 Å². The molecule has 2 atom stereocenters. The van der Waals surface area contributed by atoms with Crippen LogP contribution in [-0.2, 0) is 9.53 Å². The highest BCUT2D eigenvalue weighted by molar-refractivity contribution is 7.37. The molecule has 0 radical (unpaired) electrons. The molecule has 10 heteroatoms. The van der Waals surface area contributed by atoms with E-state index in [1.807, 2.05) is 38.4 Å². The van der Waals surface area contributed by atoms with Gasteiger partial charge in [-0.2, -0.15) is 0 Å². The number of ether oxygens (including phenoxy) is 6. The summed E-state index contributed by atoms with van der Waals surface area (Å²) in [4.78, 5) is 13.0. The summed E-state index contributed by atoms with van der Waals surface area (Å²) in [5.41, 5.74) is 4.13. The van der Waals surface area contributed by atoms with Crippen LogP contribution in [0.15, 0.2) is 35.5 Å². The minimum absolute atomic E-state index is 0.165. The number of carbonyl (C=O) groups is 1. The molecule has 0 amide bonds. The molecule has 0 spiro atoms. The van der Waals surface area contributed by atoms with Crippen LogP contribution in [0.1, 0.15) is 17.0 Å². The van der Waals surface area contributed by atoms with Crippen LogP contribution < -0.4 is 28.4 Å². The summed E-state index contributed by atoms with van der Waals surface area (Å²) in [5.74, 6) is 2.11. The van der Waals surface area contributed by atoms with Gasteiger partial charge in [-0.15, -0.1) is 0 Å². The van der Waals surface area contributed by atoms with Crippen molar-refractivity contribution in [2.45, 2.75) is 5.92 Å². The first-order valence-corrected chi connectivity index (χ1v) is 11.2. The number of rotatable bonds is 6. The number of hydrogen-bond acceptors (Lipinski definition) is 9. The molecule has 0 N–H and O–H groups in total. The highest BCUT2D eigenvalue weighted by Gasteiger charge is 2.43. The first-order chi connectivity index (χ1) is 16.0. The van der Waals surface area contributed by atoms with Crippen LogP contribution in [0.25, 0.3) is 0 Å². The molecule has 0 aliphatic carbocycles. The third-order valence-electron chi connectivity index (χ3n) is 5.82. The van der Waals surface area contributed by atoms with E-state index in [-0.39, 0.29) is 28.3 Å². The van der Waals surface area contributed by atoms with Gasteiger partial charge in [0.05, 0.1) is 47.2 Å². The van der Waals surface area contributed by atoms with Crippen LogP contribution in [0.3, 0.4) is 0 Å². The van der Waals surface area contributed by atoms with Gasteiger partial charge < -0.3 is 33.1 Å². The third-order valence-corrected chi connectivity index (χ3v) is 6.93. The van der Waals surface area contributed by atoms with Gasteiger partial charge in [0.25, 0.3) is 0 Å². The Morgan fingerprint density at radius 2 is 1.64 bits per heavy atom. The van der Waals surface area contributed by atoms with Crippen molar-refractivity contribution in [3.05, 3.63) is 46.7 Å². The normalized spacial score (nSPS) is 18.7. The Hall–Kier alpha value is -3.16. The number of fused-ring (bicyclic) bond motifs is 2. The maximum absolute atomic E-state index is 13.0. The monoisotopic (exact) mass is 472 g/mol. The van der Waals surface area contributed by atoms with E-state index < -0.39 is 5.92 Å². The molecule has 174 valence electrons. The fourth-order valence-corrected chi connectivity index (χ4v) is 5.48. The van der Waals surface area contributed by atoms with Crippen molar-refractivity contribution in [1.29, 1.82) is 0 Å². The maximum atomic E-state index is 13.0. The molecule has 3 aliphatic rings. The molecular formula is C23H25N2O7P. The Balaban J connectivity index is 1.77. The number of esters is 1. The predicted molar refractivity (Wildman–Crippen MR) is 123 cm³/mol. The second-order valence-corrected chi connectivity index (χ2v) is 9.46. The van der Waals surface area contributed by atoms with Gasteiger partial charge in [-0.25, -0.2) is 4.79 Å². The van der Waals surface area contributed by atoms with Crippen LogP contribution >= 0.6 is 8.88 Å². The van der Waals surface area contributed by atoms with Gasteiger partial charge in [0.15, 0.2) is 23.0 Å². The van der Waals surface area contributed by atoms with Crippen LogP contribution in [0.5, 0.6) is 28.7 Å². The Kier molecular flexibility index (Phi) is 5.46. The molecular weight excluding hydrogens is 447 g/mol. The van der Waals surface area contributed by atoms with E-state index in [0.29, 0.717) is 34.3 Å². The maximum Gasteiger partial charge on any atom is 0.337 e. The molecule has 9 nitrogen and oxygen atoms in total. The minimum Gasteiger partial charge on any atom is -0.493 e. The largest absolute Gasteiger partial charge is 0.493 e. The van der Waals surface area contributed by atoms with Crippen molar-refractivity contribution in [2.75, 3.05) is 53.5 Å². The smallest absolute Gasteiger partial charge is 0.337 e. The Morgan fingerprint density at radius 1 is 0.970 bits per heavy atom. The van der Waals surface area contributed by atoms with Gasteiger partial charge in [0.1, 0.15) is 6.61 Å². The molecule has 0 bridgehead atoms. The molecule has 2 aromatic carbocycles. The van der Waals surface area contributed by atoms with Crippen molar-refractivity contribution in [2.24, 2.45) is 0 Å². The summed E-state index contributed by atoms with van der Waals surface area (Å²) in [7, 11) is 8.97. The fraction of sp³-hybridized carbons (Fsp3) is 0.348. The van der Waals surface area contributed by atoms with Crippen molar-refractivity contribution in [3.8, 4) is 28.7 Å². The molecule has 2 unspecified atom stereocenters. The lowest BCUT2D eigenvalue weighted by molar-refractivity contribution is -0.136. The molecule has 2 aromatic rings. The van der Waals surface area contributed by atoms with E-state index in [1.165, 1.54) is 0 Å². The number of nitrogens with zero attached hydrogens (tertiary/aromatic N) is 2.